The molecule has 0 amide bonds. The fourth-order valence-electron chi connectivity index (χ4n) is 2.17. The first-order valence-corrected chi connectivity index (χ1v) is 7.12. The Bertz CT molecular complexity index is 519. The molecule has 0 aromatic heterocycles. The smallest absolute Gasteiger partial charge is 0.360 e. The van der Waals surface area contributed by atoms with Crippen molar-refractivity contribution in [3.8, 4) is 0 Å². The predicted molar refractivity (Wildman–Crippen MR) is 78.5 cm³/mol. The monoisotopic (exact) mass is 308 g/mol. The molecule has 0 saturated heterocycles. The van der Waals surface area contributed by atoms with E-state index >= 15 is 0 Å². The average molecular weight is 308 g/mol. The standard InChI is InChI=1S/C16H20O6/c1-3-11(4-2)10-16(14(18)19,15(20)21)22-13(17)12-8-6-5-7-9-12/h5-9,11H,3-4,10H2,1-2H3,(H,18,19)(H,20,21). The van der Waals surface area contributed by atoms with Crippen LogP contribution in [0.1, 0.15) is 43.5 Å². The van der Waals surface area contributed by atoms with Crippen LogP contribution < -0.4 is 0 Å². The Morgan fingerprint density at radius 1 is 1.05 bits per heavy atom. The van der Waals surface area contributed by atoms with E-state index in [-0.39, 0.29) is 17.9 Å². The number of hydrogen-bond donors (Lipinski definition) is 2. The number of carbonyl (C=O) groups excluding carboxylic acids is 1. The molecule has 0 fully saturated rings. The molecular formula is C16H20O6. The van der Waals surface area contributed by atoms with Crippen LogP contribution in [0.4, 0.5) is 0 Å². The van der Waals surface area contributed by atoms with Crippen molar-refractivity contribution in [3.63, 3.8) is 0 Å². The van der Waals surface area contributed by atoms with Crippen molar-refractivity contribution in [2.75, 3.05) is 0 Å². The quantitative estimate of drug-likeness (QED) is 0.565. The summed E-state index contributed by atoms with van der Waals surface area (Å²) in [5.74, 6) is -4.47. The molecule has 0 unspecified atom stereocenters. The van der Waals surface area contributed by atoms with Crippen LogP contribution in [-0.2, 0) is 14.3 Å². The van der Waals surface area contributed by atoms with Gasteiger partial charge in [0.1, 0.15) is 0 Å². The molecule has 0 radical (unpaired) electrons. The van der Waals surface area contributed by atoms with Crippen LogP contribution in [0.2, 0.25) is 0 Å². The van der Waals surface area contributed by atoms with Gasteiger partial charge >= 0.3 is 23.5 Å². The second-order valence-corrected chi connectivity index (χ2v) is 5.08. The van der Waals surface area contributed by atoms with Crippen LogP contribution >= 0.6 is 0 Å². The van der Waals surface area contributed by atoms with E-state index in [2.05, 4.69) is 0 Å². The van der Waals surface area contributed by atoms with Gasteiger partial charge in [-0.2, -0.15) is 0 Å². The van der Waals surface area contributed by atoms with Crippen LogP contribution in [0.25, 0.3) is 0 Å². The lowest BCUT2D eigenvalue weighted by atomic mass is 9.87. The summed E-state index contributed by atoms with van der Waals surface area (Å²) in [5, 5.41) is 18.7. The molecule has 1 aromatic carbocycles. The van der Waals surface area contributed by atoms with E-state index in [1.165, 1.54) is 12.1 Å². The van der Waals surface area contributed by atoms with E-state index in [4.69, 9.17) is 4.74 Å². The summed E-state index contributed by atoms with van der Waals surface area (Å²) in [7, 11) is 0. The molecule has 0 atom stereocenters. The second kappa shape index (κ2) is 7.59. The molecule has 0 bridgehead atoms. The van der Waals surface area contributed by atoms with Gasteiger partial charge in [0.05, 0.1) is 5.56 Å². The molecule has 6 heteroatoms. The highest BCUT2D eigenvalue weighted by atomic mass is 16.6. The third-order valence-corrected chi connectivity index (χ3v) is 3.70. The third-order valence-electron chi connectivity index (χ3n) is 3.70. The van der Waals surface area contributed by atoms with Crippen molar-refractivity contribution >= 4 is 17.9 Å². The summed E-state index contributed by atoms with van der Waals surface area (Å²) >= 11 is 0. The Morgan fingerprint density at radius 3 is 1.95 bits per heavy atom. The number of hydrogen-bond acceptors (Lipinski definition) is 4. The summed E-state index contributed by atoms with van der Waals surface area (Å²) in [6, 6.07) is 7.73. The van der Waals surface area contributed by atoms with E-state index in [1.54, 1.807) is 18.2 Å². The molecule has 2 N–H and O–H groups in total. The third kappa shape index (κ3) is 3.84. The fraction of sp³-hybridized carbons (Fsp3) is 0.438. The predicted octanol–water partition coefficient (Wildman–Crippen LogP) is 2.58. The summed E-state index contributed by atoms with van der Waals surface area (Å²) in [4.78, 5) is 35.2. The average Bonchev–Trinajstić information content (AvgIpc) is 2.51. The van der Waals surface area contributed by atoms with Gasteiger partial charge < -0.3 is 14.9 Å². The zero-order valence-corrected chi connectivity index (χ0v) is 12.6. The maximum Gasteiger partial charge on any atom is 0.360 e. The molecule has 120 valence electrons. The van der Waals surface area contributed by atoms with Gasteiger partial charge in [-0.05, 0) is 18.1 Å². The van der Waals surface area contributed by atoms with Crippen LogP contribution in [-0.4, -0.2) is 33.7 Å². The summed E-state index contributed by atoms with van der Waals surface area (Å²) in [6.07, 6.45) is 0.937. The minimum absolute atomic E-state index is 0.110. The zero-order valence-electron chi connectivity index (χ0n) is 12.6. The molecular weight excluding hydrogens is 288 g/mol. The number of carboxylic acid groups (broad SMARTS) is 2. The Labute approximate surface area is 128 Å². The molecule has 0 aliphatic heterocycles. The largest absolute Gasteiger partial charge is 0.478 e. The summed E-state index contributed by atoms with van der Waals surface area (Å²) < 4.78 is 4.94. The SMILES string of the molecule is CCC(CC)CC(OC(=O)c1ccccc1)(C(=O)O)C(=O)O. The molecule has 22 heavy (non-hydrogen) atoms. The molecule has 0 aliphatic rings. The van der Waals surface area contributed by atoms with Crippen LogP contribution in [0, 0.1) is 5.92 Å². The van der Waals surface area contributed by atoms with Crippen molar-refractivity contribution in [3.05, 3.63) is 35.9 Å². The zero-order chi connectivity index (χ0) is 16.8. The number of benzene rings is 1. The summed E-state index contributed by atoms with van der Waals surface area (Å²) in [5.41, 5.74) is -2.46. The van der Waals surface area contributed by atoms with Gasteiger partial charge in [0.2, 0.25) is 0 Å². The maximum absolute atomic E-state index is 12.1. The van der Waals surface area contributed by atoms with Gasteiger partial charge in [-0.3, -0.25) is 0 Å². The van der Waals surface area contributed by atoms with Crippen LogP contribution in [0.3, 0.4) is 0 Å². The van der Waals surface area contributed by atoms with Crippen molar-refractivity contribution in [2.45, 2.75) is 38.7 Å². The second-order valence-electron chi connectivity index (χ2n) is 5.08. The highest BCUT2D eigenvalue weighted by Crippen LogP contribution is 2.28. The first-order chi connectivity index (χ1) is 10.4. The minimum atomic E-state index is -2.57. The number of ether oxygens (including phenoxy) is 1. The molecule has 0 saturated carbocycles. The van der Waals surface area contributed by atoms with Gasteiger partial charge in [-0.25, -0.2) is 14.4 Å². The maximum atomic E-state index is 12.1. The fourth-order valence-corrected chi connectivity index (χ4v) is 2.17. The highest BCUT2D eigenvalue weighted by molar-refractivity contribution is 6.05. The van der Waals surface area contributed by atoms with E-state index in [0.29, 0.717) is 12.8 Å². The topological polar surface area (TPSA) is 101 Å². The minimum Gasteiger partial charge on any atom is -0.478 e. The van der Waals surface area contributed by atoms with Crippen LogP contribution in [0.5, 0.6) is 0 Å². The lowest BCUT2D eigenvalue weighted by molar-refractivity contribution is -0.178. The van der Waals surface area contributed by atoms with E-state index in [9.17, 15) is 24.6 Å². The first-order valence-electron chi connectivity index (χ1n) is 7.12. The van der Waals surface area contributed by atoms with Crippen LogP contribution in [0.15, 0.2) is 30.3 Å². The summed E-state index contributed by atoms with van der Waals surface area (Å²) in [6.45, 7) is 3.67. The Balaban J connectivity index is 3.12. The van der Waals surface area contributed by atoms with Gasteiger partial charge in [-0.1, -0.05) is 44.9 Å². The first kappa shape index (κ1) is 17.7. The number of aliphatic carboxylic acids is 2. The number of carboxylic acids is 2. The van der Waals surface area contributed by atoms with Gasteiger partial charge in [-0.15, -0.1) is 0 Å². The molecule has 6 nitrogen and oxygen atoms in total. The molecule has 1 aromatic rings. The molecule has 0 aliphatic carbocycles. The van der Waals surface area contributed by atoms with Crippen molar-refractivity contribution in [1.29, 1.82) is 0 Å². The van der Waals surface area contributed by atoms with E-state index < -0.39 is 23.5 Å². The number of esters is 1. The van der Waals surface area contributed by atoms with Gasteiger partial charge in [0.15, 0.2) is 0 Å². The van der Waals surface area contributed by atoms with Crippen molar-refractivity contribution in [1.82, 2.24) is 0 Å². The molecule has 0 spiro atoms. The lowest BCUT2D eigenvalue weighted by Gasteiger charge is -2.28. The number of rotatable bonds is 8. The Kier molecular flexibility index (Phi) is 6.10. The van der Waals surface area contributed by atoms with Crippen molar-refractivity contribution in [2.24, 2.45) is 5.92 Å². The normalized spacial score (nSPS) is 11.2. The van der Waals surface area contributed by atoms with Gasteiger partial charge in [0.25, 0.3) is 0 Å². The Morgan fingerprint density at radius 2 is 1.55 bits per heavy atom. The van der Waals surface area contributed by atoms with E-state index in [1.807, 2.05) is 13.8 Å². The molecule has 1 rings (SSSR count). The molecule has 0 heterocycles. The number of carbonyl (C=O) groups is 3. The Hall–Kier alpha value is -2.37. The van der Waals surface area contributed by atoms with Crippen molar-refractivity contribution < 1.29 is 29.3 Å². The highest BCUT2D eigenvalue weighted by Gasteiger charge is 2.51. The van der Waals surface area contributed by atoms with E-state index in [0.717, 1.165) is 0 Å². The van der Waals surface area contributed by atoms with Gasteiger partial charge in [0, 0.05) is 6.42 Å². The lowest BCUT2D eigenvalue weighted by Crippen LogP contribution is -2.51.